The van der Waals surface area contributed by atoms with Gasteiger partial charge in [-0.25, -0.2) is 0 Å². The predicted octanol–water partition coefficient (Wildman–Crippen LogP) is 4.54. The predicted molar refractivity (Wildman–Crippen MR) is 116 cm³/mol. The molecule has 0 radical (unpaired) electrons. The summed E-state index contributed by atoms with van der Waals surface area (Å²) >= 11 is 0. The van der Waals surface area contributed by atoms with Crippen molar-refractivity contribution in [1.29, 1.82) is 0 Å². The van der Waals surface area contributed by atoms with Gasteiger partial charge >= 0.3 is 0 Å². The summed E-state index contributed by atoms with van der Waals surface area (Å²) < 4.78 is 1.90. The van der Waals surface area contributed by atoms with Gasteiger partial charge in [0.25, 0.3) is 0 Å². The molecule has 2 aliphatic rings. The van der Waals surface area contributed by atoms with Gasteiger partial charge in [0.2, 0.25) is 0 Å². The summed E-state index contributed by atoms with van der Waals surface area (Å²) in [6, 6.07) is 15.0. The molecule has 5 rings (SSSR count). The number of rotatable bonds is 4. The number of hydrogen-bond acceptors (Lipinski definition) is 3. The van der Waals surface area contributed by atoms with Crippen LogP contribution in [-0.2, 0) is 20.0 Å². The Kier molecular flexibility index (Phi) is 4.75. The fourth-order valence-corrected chi connectivity index (χ4v) is 5.31. The summed E-state index contributed by atoms with van der Waals surface area (Å²) in [5.74, 6) is 1.19. The fraction of sp³-hybridized carbons (Fsp3) is 0.440. The third-order valence-electron chi connectivity index (χ3n) is 6.94. The monoisotopic (exact) mass is 387 g/mol. The van der Waals surface area contributed by atoms with E-state index in [-0.39, 0.29) is 5.92 Å². The Morgan fingerprint density at radius 2 is 1.86 bits per heavy atom. The number of aromatic nitrogens is 2. The second-order valence-electron chi connectivity index (χ2n) is 8.94. The van der Waals surface area contributed by atoms with Crippen LogP contribution in [0.2, 0.25) is 0 Å². The number of hydrogen-bond donors (Lipinski definition) is 0. The van der Waals surface area contributed by atoms with Crippen LogP contribution in [0.4, 0.5) is 0 Å². The minimum absolute atomic E-state index is 0.167. The van der Waals surface area contributed by atoms with Gasteiger partial charge in [0.05, 0.1) is 11.2 Å². The first-order valence-electron chi connectivity index (χ1n) is 10.8. The van der Waals surface area contributed by atoms with Crippen molar-refractivity contribution >= 4 is 16.7 Å². The Balaban J connectivity index is 1.22. The van der Waals surface area contributed by atoms with Crippen LogP contribution in [0.3, 0.4) is 0 Å². The van der Waals surface area contributed by atoms with Crippen LogP contribution in [0.5, 0.6) is 0 Å². The zero-order valence-corrected chi connectivity index (χ0v) is 17.4. The summed E-state index contributed by atoms with van der Waals surface area (Å²) in [5.41, 5.74) is 5.68. The van der Waals surface area contributed by atoms with Gasteiger partial charge in [0.1, 0.15) is 0 Å². The summed E-state index contributed by atoms with van der Waals surface area (Å²) in [5, 5.41) is 5.70. The number of piperidine rings is 1. The van der Waals surface area contributed by atoms with Gasteiger partial charge in [-0.2, -0.15) is 5.10 Å². The maximum atomic E-state index is 13.1. The first kappa shape index (κ1) is 18.6. The molecule has 1 fully saturated rings. The molecule has 1 aromatic heterocycles. The summed E-state index contributed by atoms with van der Waals surface area (Å²) in [7, 11) is 1.96. The standard InChI is InChI=1S/C25H29N3O/c1-17-22-14-20-13-21(25(29)23(20)15-24(22)27(2)26-17)12-18-8-10-28(11-9-18)16-19-6-4-3-5-7-19/h3-7,14-15,18,21H,8-13,16H2,1-2H3. The molecule has 0 N–H and O–H groups in total. The Bertz CT molecular complexity index is 1040. The first-order valence-corrected chi connectivity index (χ1v) is 10.8. The molecule has 1 atom stereocenters. The molecular weight excluding hydrogens is 358 g/mol. The highest BCUT2D eigenvalue weighted by Gasteiger charge is 2.34. The summed E-state index contributed by atoms with van der Waals surface area (Å²) in [6.07, 6.45) is 4.36. The van der Waals surface area contributed by atoms with E-state index < -0.39 is 0 Å². The molecule has 4 nitrogen and oxygen atoms in total. The number of ketones is 1. The average Bonchev–Trinajstić information content (AvgIpc) is 3.18. The van der Waals surface area contributed by atoms with Gasteiger partial charge in [-0.3, -0.25) is 14.4 Å². The number of nitrogens with zero attached hydrogens (tertiary/aromatic N) is 3. The highest BCUT2D eigenvalue weighted by Crippen LogP contribution is 2.36. The molecule has 1 saturated heterocycles. The van der Waals surface area contributed by atoms with Crippen molar-refractivity contribution in [2.75, 3.05) is 13.1 Å². The average molecular weight is 388 g/mol. The molecule has 2 heterocycles. The van der Waals surface area contributed by atoms with E-state index in [0.29, 0.717) is 11.7 Å². The summed E-state index contributed by atoms with van der Waals surface area (Å²) in [4.78, 5) is 15.7. The number of fused-ring (bicyclic) bond motifs is 2. The molecule has 29 heavy (non-hydrogen) atoms. The number of carbonyl (C=O) groups excluding carboxylic acids is 1. The lowest BCUT2D eigenvalue weighted by Crippen LogP contribution is -2.34. The number of carbonyl (C=O) groups is 1. The van der Waals surface area contributed by atoms with Crippen LogP contribution < -0.4 is 0 Å². The van der Waals surface area contributed by atoms with Gasteiger partial charge in [-0.05, 0) is 74.9 Å². The number of aryl methyl sites for hydroxylation is 2. The number of Topliss-reactive ketones (excluding diaryl/α,β-unsaturated/α-hetero) is 1. The van der Waals surface area contributed by atoms with E-state index in [1.807, 2.05) is 18.7 Å². The molecule has 0 amide bonds. The van der Waals surface area contributed by atoms with Crippen molar-refractivity contribution in [3.63, 3.8) is 0 Å². The van der Waals surface area contributed by atoms with E-state index in [0.717, 1.165) is 49.2 Å². The van der Waals surface area contributed by atoms with Crippen LogP contribution >= 0.6 is 0 Å². The Hall–Kier alpha value is -2.46. The highest BCUT2D eigenvalue weighted by molar-refractivity contribution is 6.05. The Labute approximate surface area is 172 Å². The van der Waals surface area contributed by atoms with E-state index in [1.165, 1.54) is 29.4 Å². The van der Waals surface area contributed by atoms with E-state index >= 15 is 0 Å². The zero-order valence-electron chi connectivity index (χ0n) is 17.4. The lowest BCUT2D eigenvalue weighted by atomic mass is 9.85. The van der Waals surface area contributed by atoms with Crippen LogP contribution in [0, 0.1) is 18.8 Å². The lowest BCUT2D eigenvalue weighted by Gasteiger charge is -2.32. The fourth-order valence-electron chi connectivity index (χ4n) is 5.31. The Morgan fingerprint density at radius 3 is 2.62 bits per heavy atom. The molecule has 2 aromatic carbocycles. The largest absolute Gasteiger partial charge is 0.299 e. The normalized spacial score (nSPS) is 20.5. The van der Waals surface area contributed by atoms with Crippen molar-refractivity contribution in [3.8, 4) is 0 Å². The molecule has 1 aliphatic carbocycles. The van der Waals surface area contributed by atoms with Crippen molar-refractivity contribution in [2.24, 2.45) is 18.9 Å². The third-order valence-corrected chi connectivity index (χ3v) is 6.94. The second-order valence-corrected chi connectivity index (χ2v) is 8.94. The topological polar surface area (TPSA) is 38.1 Å². The molecule has 3 aromatic rings. The molecular formula is C25H29N3O. The third kappa shape index (κ3) is 3.51. The molecule has 1 unspecified atom stereocenters. The highest BCUT2D eigenvalue weighted by atomic mass is 16.1. The van der Waals surface area contributed by atoms with Crippen LogP contribution in [0.15, 0.2) is 42.5 Å². The summed E-state index contributed by atoms with van der Waals surface area (Å²) in [6.45, 7) is 5.37. The smallest absolute Gasteiger partial charge is 0.166 e. The molecule has 0 saturated carbocycles. The van der Waals surface area contributed by atoms with Crippen molar-refractivity contribution < 1.29 is 4.79 Å². The van der Waals surface area contributed by atoms with Gasteiger partial charge < -0.3 is 0 Å². The van der Waals surface area contributed by atoms with Crippen molar-refractivity contribution in [1.82, 2.24) is 14.7 Å². The SMILES string of the molecule is Cc1nn(C)c2cc3c(cc12)CC(CC1CCN(Cc2ccccc2)CC1)C3=O. The van der Waals surface area contributed by atoms with Gasteiger partial charge in [-0.1, -0.05) is 30.3 Å². The van der Waals surface area contributed by atoms with Gasteiger partial charge in [-0.15, -0.1) is 0 Å². The quantitative estimate of drug-likeness (QED) is 0.660. The molecule has 0 spiro atoms. The van der Waals surface area contributed by atoms with Crippen LogP contribution in [-0.4, -0.2) is 33.6 Å². The van der Waals surface area contributed by atoms with Crippen LogP contribution in [0.25, 0.3) is 10.9 Å². The van der Waals surface area contributed by atoms with Gasteiger partial charge in [0, 0.05) is 30.5 Å². The lowest BCUT2D eigenvalue weighted by molar-refractivity contribution is 0.0896. The number of benzene rings is 2. The first-order chi connectivity index (χ1) is 14.1. The van der Waals surface area contributed by atoms with E-state index in [1.54, 1.807) is 0 Å². The minimum Gasteiger partial charge on any atom is -0.299 e. The van der Waals surface area contributed by atoms with Crippen molar-refractivity contribution in [3.05, 3.63) is 64.8 Å². The van der Waals surface area contributed by atoms with Gasteiger partial charge in [0.15, 0.2) is 5.78 Å². The number of likely N-dealkylation sites (tertiary alicyclic amines) is 1. The molecule has 150 valence electrons. The molecule has 4 heteroatoms. The second kappa shape index (κ2) is 7.42. The van der Waals surface area contributed by atoms with E-state index in [4.69, 9.17) is 0 Å². The maximum absolute atomic E-state index is 13.1. The van der Waals surface area contributed by atoms with E-state index in [9.17, 15) is 4.79 Å². The molecule has 1 aliphatic heterocycles. The Morgan fingerprint density at radius 1 is 1.10 bits per heavy atom. The molecule has 0 bridgehead atoms. The zero-order chi connectivity index (χ0) is 20.0. The van der Waals surface area contributed by atoms with Crippen molar-refractivity contribution in [2.45, 2.75) is 39.2 Å². The van der Waals surface area contributed by atoms with E-state index in [2.05, 4.69) is 52.5 Å². The minimum atomic E-state index is 0.167. The maximum Gasteiger partial charge on any atom is 0.166 e. The van der Waals surface area contributed by atoms with Crippen LogP contribution in [0.1, 0.15) is 46.4 Å².